The number of hydrogen-bond donors (Lipinski definition) is 3. The molecular weight excluding hydrogens is 290 g/mol. The molecule has 0 saturated carbocycles. The van der Waals surface area contributed by atoms with Crippen molar-refractivity contribution < 1.29 is 9.59 Å². The van der Waals surface area contributed by atoms with Crippen LogP contribution in [0.3, 0.4) is 0 Å². The molecule has 0 bridgehead atoms. The molecule has 5 heteroatoms. The van der Waals surface area contributed by atoms with Crippen molar-refractivity contribution in [3.63, 3.8) is 0 Å². The molecule has 2 aromatic rings. The van der Waals surface area contributed by atoms with E-state index in [4.69, 9.17) is 0 Å². The van der Waals surface area contributed by atoms with E-state index in [2.05, 4.69) is 15.6 Å². The van der Waals surface area contributed by atoms with Crippen LogP contribution in [0.4, 0.5) is 11.4 Å². The minimum Gasteiger partial charge on any atom is -0.357 e. The number of benzene rings is 1. The van der Waals surface area contributed by atoms with Gasteiger partial charge in [0.25, 0.3) is 5.91 Å². The van der Waals surface area contributed by atoms with Gasteiger partial charge in [-0.1, -0.05) is 17.7 Å². The Kier molecular flexibility index (Phi) is 5.01. The SMILES string of the molecule is C/C(=C/c1[nH]c(C)c(NC=O)c1C)C(=O)Nc1ccc(C)cc1. The zero-order valence-electron chi connectivity index (χ0n) is 13.8. The van der Waals surface area contributed by atoms with Gasteiger partial charge in [0.2, 0.25) is 6.41 Å². The number of aromatic amines is 1. The molecule has 1 aromatic carbocycles. The summed E-state index contributed by atoms with van der Waals surface area (Å²) in [6.07, 6.45) is 2.43. The van der Waals surface area contributed by atoms with Crippen molar-refractivity contribution in [2.75, 3.05) is 10.6 Å². The van der Waals surface area contributed by atoms with Gasteiger partial charge >= 0.3 is 0 Å². The normalized spacial score (nSPS) is 11.2. The molecule has 0 aliphatic rings. The van der Waals surface area contributed by atoms with Gasteiger partial charge in [0.05, 0.1) is 5.69 Å². The molecule has 0 spiro atoms. The van der Waals surface area contributed by atoms with Crippen LogP contribution in [-0.2, 0) is 9.59 Å². The summed E-state index contributed by atoms with van der Waals surface area (Å²) in [5.41, 5.74) is 5.79. The number of carbonyl (C=O) groups is 2. The summed E-state index contributed by atoms with van der Waals surface area (Å²) in [6, 6.07) is 7.64. The molecule has 23 heavy (non-hydrogen) atoms. The van der Waals surface area contributed by atoms with Crippen LogP contribution in [0.1, 0.15) is 29.4 Å². The van der Waals surface area contributed by atoms with Gasteiger partial charge in [0.15, 0.2) is 0 Å². The Hall–Kier alpha value is -2.82. The summed E-state index contributed by atoms with van der Waals surface area (Å²) >= 11 is 0. The highest BCUT2D eigenvalue weighted by atomic mass is 16.1. The maximum absolute atomic E-state index is 12.3. The highest BCUT2D eigenvalue weighted by Crippen LogP contribution is 2.24. The first kappa shape index (κ1) is 16.5. The predicted octanol–water partition coefficient (Wildman–Crippen LogP) is 3.55. The van der Waals surface area contributed by atoms with Crippen LogP contribution < -0.4 is 10.6 Å². The number of hydrogen-bond acceptors (Lipinski definition) is 2. The summed E-state index contributed by atoms with van der Waals surface area (Å²) < 4.78 is 0. The third kappa shape index (κ3) is 3.88. The third-order valence-corrected chi connectivity index (χ3v) is 3.71. The molecule has 1 aromatic heterocycles. The molecule has 3 N–H and O–H groups in total. The van der Waals surface area contributed by atoms with E-state index in [9.17, 15) is 9.59 Å². The molecule has 0 fully saturated rings. The first-order chi connectivity index (χ1) is 10.9. The number of aromatic nitrogens is 1. The van der Waals surface area contributed by atoms with E-state index >= 15 is 0 Å². The van der Waals surface area contributed by atoms with Gasteiger partial charge < -0.3 is 15.6 Å². The van der Waals surface area contributed by atoms with E-state index < -0.39 is 0 Å². The first-order valence-corrected chi connectivity index (χ1v) is 7.38. The smallest absolute Gasteiger partial charge is 0.251 e. The van der Waals surface area contributed by atoms with Crippen LogP contribution >= 0.6 is 0 Å². The highest BCUT2D eigenvalue weighted by molar-refractivity contribution is 6.06. The molecule has 0 aliphatic carbocycles. The van der Waals surface area contributed by atoms with Gasteiger partial charge in [0.1, 0.15) is 0 Å². The lowest BCUT2D eigenvalue weighted by Crippen LogP contribution is -2.12. The Bertz CT molecular complexity index is 755. The van der Waals surface area contributed by atoms with Crippen LogP contribution in [-0.4, -0.2) is 17.3 Å². The van der Waals surface area contributed by atoms with Crippen LogP contribution in [0.25, 0.3) is 6.08 Å². The minimum absolute atomic E-state index is 0.162. The topological polar surface area (TPSA) is 74.0 Å². The first-order valence-electron chi connectivity index (χ1n) is 7.38. The number of amides is 2. The number of carbonyl (C=O) groups excluding carboxylic acids is 2. The van der Waals surface area contributed by atoms with E-state index in [1.807, 2.05) is 45.0 Å². The quantitative estimate of drug-likeness (QED) is 0.583. The Morgan fingerprint density at radius 3 is 2.39 bits per heavy atom. The largest absolute Gasteiger partial charge is 0.357 e. The van der Waals surface area contributed by atoms with E-state index in [1.165, 1.54) is 0 Å². The van der Waals surface area contributed by atoms with E-state index in [0.29, 0.717) is 12.0 Å². The van der Waals surface area contributed by atoms with Crippen LogP contribution in [0.2, 0.25) is 0 Å². The molecule has 120 valence electrons. The monoisotopic (exact) mass is 311 g/mol. The average Bonchev–Trinajstić information content (AvgIpc) is 2.77. The molecule has 0 atom stereocenters. The van der Waals surface area contributed by atoms with Crippen molar-refractivity contribution in [1.29, 1.82) is 0 Å². The number of nitrogens with one attached hydrogen (secondary N) is 3. The second kappa shape index (κ2) is 6.96. The second-order valence-corrected chi connectivity index (χ2v) is 5.57. The van der Waals surface area contributed by atoms with Crippen LogP contribution in [0.15, 0.2) is 29.8 Å². The Labute approximate surface area is 135 Å². The molecule has 2 amide bonds. The average molecular weight is 311 g/mol. The lowest BCUT2D eigenvalue weighted by atomic mass is 10.1. The zero-order chi connectivity index (χ0) is 17.0. The van der Waals surface area contributed by atoms with Crippen LogP contribution in [0.5, 0.6) is 0 Å². The number of anilines is 2. The predicted molar refractivity (Wildman–Crippen MR) is 93.4 cm³/mol. The number of rotatable bonds is 5. The maximum atomic E-state index is 12.3. The molecule has 1 heterocycles. The van der Waals surface area contributed by atoms with Crippen molar-refractivity contribution in [2.24, 2.45) is 0 Å². The lowest BCUT2D eigenvalue weighted by Gasteiger charge is -2.06. The summed E-state index contributed by atoms with van der Waals surface area (Å²) in [4.78, 5) is 26.1. The summed E-state index contributed by atoms with van der Waals surface area (Å²) in [5, 5.41) is 5.53. The molecule has 0 unspecified atom stereocenters. The Balaban J connectivity index is 2.18. The van der Waals surface area contributed by atoms with Gasteiger partial charge in [-0.25, -0.2) is 0 Å². The van der Waals surface area contributed by atoms with Crippen molar-refractivity contribution in [3.05, 3.63) is 52.4 Å². The standard InChI is InChI=1S/C18H21N3O2/c1-11-5-7-15(8-6-11)21-18(23)12(2)9-16-13(3)17(19-10-22)14(4)20-16/h5-10,20H,1-4H3,(H,19,22)(H,21,23)/b12-9-. The zero-order valence-corrected chi connectivity index (χ0v) is 13.8. The molecule has 0 saturated heterocycles. The fourth-order valence-corrected chi connectivity index (χ4v) is 2.34. The van der Waals surface area contributed by atoms with Crippen molar-refractivity contribution in [3.8, 4) is 0 Å². The molecule has 0 radical (unpaired) electrons. The van der Waals surface area contributed by atoms with E-state index in [0.717, 1.165) is 33.9 Å². The van der Waals surface area contributed by atoms with Gasteiger partial charge in [-0.15, -0.1) is 0 Å². The fraction of sp³-hybridized carbons (Fsp3) is 0.222. The van der Waals surface area contributed by atoms with Gasteiger partial charge in [0, 0.05) is 22.6 Å². The summed E-state index contributed by atoms with van der Waals surface area (Å²) in [6.45, 7) is 7.52. The molecular formula is C18H21N3O2. The molecule has 2 rings (SSSR count). The second-order valence-electron chi connectivity index (χ2n) is 5.57. The molecule has 5 nitrogen and oxygen atoms in total. The van der Waals surface area contributed by atoms with Crippen molar-refractivity contribution in [1.82, 2.24) is 4.98 Å². The lowest BCUT2D eigenvalue weighted by molar-refractivity contribution is -0.112. The third-order valence-electron chi connectivity index (χ3n) is 3.71. The van der Waals surface area contributed by atoms with E-state index in [-0.39, 0.29) is 5.91 Å². The molecule has 0 aliphatic heterocycles. The Morgan fingerprint density at radius 2 is 1.78 bits per heavy atom. The fourth-order valence-electron chi connectivity index (χ4n) is 2.34. The summed E-state index contributed by atoms with van der Waals surface area (Å²) in [7, 11) is 0. The Morgan fingerprint density at radius 1 is 1.13 bits per heavy atom. The minimum atomic E-state index is -0.162. The van der Waals surface area contributed by atoms with E-state index in [1.54, 1.807) is 13.0 Å². The van der Waals surface area contributed by atoms with Crippen molar-refractivity contribution in [2.45, 2.75) is 27.7 Å². The van der Waals surface area contributed by atoms with Gasteiger partial charge in [-0.2, -0.15) is 0 Å². The van der Waals surface area contributed by atoms with Crippen molar-refractivity contribution >= 4 is 29.8 Å². The van der Waals surface area contributed by atoms with Gasteiger partial charge in [-0.3, -0.25) is 9.59 Å². The maximum Gasteiger partial charge on any atom is 0.251 e. The number of H-pyrrole nitrogens is 1. The summed E-state index contributed by atoms with van der Waals surface area (Å²) in [5.74, 6) is -0.162. The number of aryl methyl sites for hydroxylation is 2. The van der Waals surface area contributed by atoms with Crippen LogP contribution in [0, 0.1) is 20.8 Å². The highest BCUT2D eigenvalue weighted by Gasteiger charge is 2.11. The van der Waals surface area contributed by atoms with Gasteiger partial charge in [-0.05, 0) is 51.5 Å².